The van der Waals surface area contributed by atoms with Gasteiger partial charge in [0.15, 0.2) is 0 Å². The number of likely N-dealkylation sites (tertiary alicyclic amines) is 1. The Labute approximate surface area is 275 Å². The number of aliphatic imine (C=N–C) groups is 1. The normalized spacial score (nSPS) is 19.5. The molecular weight excluding hydrogens is 602 g/mol. The number of nitro benzene ring substituents is 1. The maximum Gasteiger partial charge on any atom is 0.316 e. The van der Waals surface area contributed by atoms with Crippen molar-refractivity contribution in [3.63, 3.8) is 0 Å². The molecule has 1 fully saturated rings. The third kappa shape index (κ3) is 8.19. The minimum absolute atomic E-state index is 0.0672. The van der Waals surface area contributed by atoms with Crippen molar-refractivity contribution in [1.29, 1.82) is 0 Å². The minimum atomic E-state index is -0.692. The summed E-state index contributed by atoms with van der Waals surface area (Å²) in [5.74, 6) is -1.60. The summed E-state index contributed by atoms with van der Waals surface area (Å²) in [6.07, 6.45) is 3.28. The molecule has 0 saturated carbocycles. The molecule has 0 aliphatic carbocycles. The van der Waals surface area contributed by atoms with Crippen molar-refractivity contribution in [2.24, 2.45) is 16.6 Å². The van der Waals surface area contributed by atoms with Crippen molar-refractivity contribution in [2.75, 3.05) is 53.0 Å². The Bertz CT molecular complexity index is 1470. The molecule has 0 radical (unpaired) electrons. The fourth-order valence-electron chi connectivity index (χ4n) is 6.82. The van der Waals surface area contributed by atoms with E-state index in [4.69, 9.17) is 20.2 Å². The summed E-state index contributed by atoms with van der Waals surface area (Å²) in [6.45, 7) is 6.69. The molecule has 2 unspecified atom stereocenters. The molecule has 2 N–H and O–H groups in total. The van der Waals surface area contributed by atoms with Crippen molar-refractivity contribution >= 4 is 29.6 Å². The number of rotatable bonds is 16. The van der Waals surface area contributed by atoms with Gasteiger partial charge in [0.1, 0.15) is 5.78 Å². The van der Waals surface area contributed by atoms with Gasteiger partial charge in [-0.1, -0.05) is 42.5 Å². The van der Waals surface area contributed by atoms with Crippen LogP contribution >= 0.6 is 0 Å². The molecule has 2 aromatic carbocycles. The lowest BCUT2D eigenvalue weighted by atomic mass is 9.72. The predicted molar refractivity (Wildman–Crippen MR) is 178 cm³/mol. The smallest absolute Gasteiger partial charge is 0.316 e. The van der Waals surface area contributed by atoms with E-state index in [0.717, 1.165) is 12.0 Å². The molecule has 2 aliphatic rings. The van der Waals surface area contributed by atoms with Crippen LogP contribution in [0.2, 0.25) is 0 Å². The van der Waals surface area contributed by atoms with Gasteiger partial charge in [0.25, 0.3) is 5.69 Å². The van der Waals surface area contributed by atoms with Crippen LogP contribution in [-0.2, 0) is 29.3 Å². The van der Waals surface area contributed by atoms with Crippen LogP contribution in [-0.4, -0.2) is 91.6 Å². The standard InChI is InChI=1S/C35H45N5O7/c1-25-31(26(2)42)32(27-11-13-29(14-12-27)40(44)45)33(30(37-25)23-47-22-7-17-36)39(24-41)19-8-18-38-20-15-35(16-21-38,34(43)46-3)28-9-5-4-6-10-28/h4-6,9-14,24,31-32H,7-8,15-23,36H2,1-3H3. The molecule has 4 rings (SSSR count). The molecule has 47 heavy (non-hydrogen) atoms. The molecule has 2 heterocycles. The number of carbonyl (C=O) groups is 3. The van der Waals surface area contributed by atoms with Crippen LogP contribution in [0.1, 0.15) is 56.6 Å². The molecule has 0 spiro atoms. The second kappa shape index (κ2) is 16.5. The van der Waals surface area contributed by atoms with E-state index < -0.39 is 22.2 Å². The first-order valence-corrected chi connectivity index (χ1v) is 16.1. The van der Waals surface area contributed by atoms with Gasteiger partial charge in [0.2, 0.25) is 6.41 Å². The molecular formula is C35H45N5O7. The van der Waals surface area contributed by atoms with E-state index in [1.807, 2.05) is 30.3 Å². The van der Waals surface area contributed by atoms with E-state index in [0.29, 0.717) is 87.7 Å². The number of nitro groups is 1. The predicted octanol–water partition coefficient (Wildman–Crippen LogP) is 3.99. The van der Waals surface area contributed by atoms with Gasteiger partial charge in [-0.2, -0.15) is 0 Å². The molecule has 2 aliphatic heterocycles. The number of nitrogens with two attached hydrogens (primary N) is 1. The molecule has 1 saturated heterocycles. The average Bonchev–Trinajstić information content (AvgIpc) is 3.08. The molecule has 12 heteroatoms. The number of hydrogen-bond donors (Lipinski definition) is 1. The third-order valence-corrected chi connectivity index (χ3v) is 9.24. The Morgan fingerprint density at radius 2 is 1.81 bits per heavy atom. The summed E-state index contributed by atoms with van der Waals surface area (Å²) >= 11 is 0. The summed E-state index contributed by atoms with van der Waals surface area (Å²) in [7, 11) is 1.43. The zero-order valence-corrected chi connectivity index (χ0v) is 27.4. The number of non-ortho nitro benzene ring substituents is 1. The van der Waals surface area contributed by atoms with Crippen LogP contribution < -0.4 is 5.73 Å². The number of carbonyl (C=O) groups excluding carboxylic acids is 3. The number of Topliss-reactive ketones (excluding diaryl/α,β-unsaturated/α-hetero) is 1. The van der Waals surface area contributed by atoms with Crippen LogP contribution in [0.4, 0.5) is 5.69 Å². The monoisotopic (exact) mass is 647 g/mol. The lowest BCUT2D eigenvalue weighted by molar-refractivity contribution is -0.384. The topological polar surface area (TPSA) is 158 Å². The first-order valence-electron chi connectivity index (χ1n) is 16.1. The number of methoxy groups -OCH3 is 1. The Kier molecular flexibility index (Phi) is 12.5. The number of allylic oxidation sites excluding steroid dienone is 1. The molecule has 0 bridgehead atoms. The first kappa shape index (κ1) is 35.6. The summed E-state index contributed by atoms with van der Waals surface area (Å²) in [5.41, 5.74) is 8.20. The average molecular weight is 648 g/mol. The highest BCUT2D eigenvalue weighted by Gasteiger charge is 2.44. The number of ether oxygens (including phenoxy) is 2. The zero-order chi connectivity index (χ0) is 34.0. The zero-order valence-electron chi connectivity index (χ0n) is 27.4. The third-order valence-electron chi connectivity index (χ3n) is 9.24. The largest absolute Gasteiger partial charge is 0.468 e. The van der Waals surface area contributed by atoms with E-state index in [1.54, 1.807) is 24.0 Å². The van der Waals surface area contributed by atoms with Crippen LogP contribution in [0.3, 0.4) is 0 Å². The number of ketones is 1. The van der Waals surface area contributed by atoms with Crippen molar-refractivity contribution < 1.29 is 28.8 Å². The minimum Gasteiger partial charge on any atom is -0.468 e. The van der Waals surface area contributed by atoms with E-state index in [-0.39, 0.29) is 24.0 Å². The molecule has 1 amide bonds. The number of benzene rings is 2. The maximum atomic E-state index is 13.1. The lowest BCUT2D eigenvalue weighted by Gasteiger charge is -2.40. The van der Waals surface area contributed by atoms with Gasteiger partial charge in [0.05, 0.1) is 41.4 Å². The molecule has 252 valence electrons. The number of hydrogen-bond acceptors (Lipinski definition) is 10. The first-order chi connectivity index (χ1) is 22.7. The molecule has 12 nitrogen and oxygen atoms in total. The Balaban J connectivity index is 1.57. The van der Waals surface area contributed by atoms with Crippen LogP contribution in [0.5, 0.6) is 0 Å². The van der Waals surface area contributed by atoms with Crippen molar-refractivity contribution in [3.05, 3.63) is 87.2 Å². The molecule has 0 aromatic heterocycles. The number of nitrogens with zero attached hydrogens (tertiary/aromatic N) is 4. The number of piperidine rings is 1. The summed E-state index contributed by atoms with van der Waals surface area (Å²) < 4.78 is 11.1. The molecule has 2 aromatic rings. The van der Waals surface area contributed by atoms with Crippen LogP contribution in [0.25, 0.3) is 0 Å². The lowest BCUT2D eigenvalue weighted by Crippen LogP contribution is -2.48. The van der Waals surface area contributed by atoms with Gasteiger partial charge in [-0.3, -0.25) is 29.5 Å². The van der Waals surface area contributed by atoms with Gasteiger partial charge in [-0.05, 0) is 76.8 Å². The highest BCUT2D eigenvalue weighted by molar-refractivity contribution is 6.05. The van der Waals surface area contributed by atoms with Crippen molar-refractivity contribution in [3.8, 4) is 0 Å². The Morgan fingerprint density at radius 3 is 2.38 bits per heavy atom. The van der Waals surface area contributed by atoms with Crippen molar-refractivity contribution in [1.82, 2.24) is 9.80 Å². The van der Waals surface area contributed by atoms with Crippen LogP contribution in [0, 0.1) is 16.0 Å². The number of amides is 1. The summed E-state index contributed by atoms with van der Waals surface area (Å²) in [6, 6.07) is 15.9. The van der Waals surface area contributed by atoms with E-state index in [2.05, 4.69) is 4.90 Å². The van der Waals surface area contributed by atoms with Crippen LogP contribution in [0.15, 0.2) is 71.0 Å². The van der Waals surface area contributed by atoms with Gasteiger partial charge in [-0.15, -0.1) is 0 Å². The molecule has 2 atom stereocenters. The van der Waals surface area contributed by atoms with Gasteiger partial charge in [0, 0.05) is 36.9 Å². The second-order valence-corrected chi connectivity index (χ2v) is 12.1. The van der Waals surface area contributed by atoms with E-state index in [9.17, 15) is 24.5 Å². The van der Waals surface area contributed by atoms with Gasteiger partial charge >= 0.3 is 5.97 Å². The van der Waals surface area contributed by atoms with Gasteiger partial charge in [-0.25, -0.2) is 0 Å². The van der Waals surface area contributed by atoms with Gasteiger partial charge < -0.3 is 25.0 Å². The second-order valence-electron chi connectivity index (χ2n) is 12.1. The fourth-order valence-corrected chi connectivity index (χ4v) is 6.82. The summed E-state index contributed by atoms with van der Waals surface area (Å²) in [5, 5.41) is 11.4. The van der Waals surface area contributed by atoms with E-state index >= 15 is 0 Å². The van der Waals surface area contributed by atoms with Crippen molar-refractivity contribution in [2.45, 2.75) is 50.9 Å². The van der Waals surface area contributed by atoms with E-state index in [1.165, 1.54) is 26.2 Å². The quantitative estimate of drug-likeness (QED) is 0.0935. The highest BCUT2D eigenvalue weighted by Crippen LogP contribution is 2.42. The maximum absolute atomic E-state index is 13.1. The fraction of sp³-hybridized carbons (Fsp3) is 0.486. The Hall–Kier alpha value is -4.26. The SMILES string of the molecule is COC(=O)C1(c2ccccc2)CCN(CCCN(C=O)C2=C(COCCCN)N=C(C)C(C(C)=O)C2c2ccc([N+](=O)[O-])cc2)CC1. The highest BCUT2D eigenvalue weighted by atomic mass is 16.6. The summed E-state index contributed by atoms with van der Waals surface area (Å²) in [4.78, 5) is 58.4. The number of esters is 1. The Morgan fingerprint density at radius 1 is 1.13 bits per heavy atom.